The fourth-order valence-electron chi connectivity index (χ4n) is 0.845. The zero-order valence-electron chi connectivity index (χ0n) is 9.89. The van der Waals surface area contributed by atoms with Crippen molar-refractivity contribution in [2.75, 3.05) is 13.6 Å². The maximum Gasteiger partial charge on any atom is 0.239 e. The van der Waals surface area contributed by atoms with Gasteiger partial charge in [-0.2, -0.15) is 0 Å². The van der Waals surface area contributed by atoms with E-state index in [1.807, 2.05) is 20.8 Å². The number of likely N-dealkylation sites (N-methyl/N-ethyl adjacent to an activating group) is 1. The van der Waals surface area contributed by atoms with Gasteiger partial charge in [0, 0.05) is 19.5 Å². The van der Waals surface area contributed by atoms with Crippen LogP contribution < -0.4 is 16.4 Å². The van der Waals surface area contributed by atoms with Crippen molar-refractivity contribution in [3.63, 3.8) is 0 Å². The number of rotatable bonds is 4. The van der Waals surface area contributed by atoms with Gasteiger partial charge in [0.25, 0.3) is 0 Å². The van der Waals surface area contributed by atoms with Gasteiger partial charge in [-0.25, -0.2) is 0 Å². The summed E-state index contributed by atoms with van der Waals surface area (Å²) in [7, 11) is 1.52. The molecule has 0 heterocycles. The monoisotopic (exact) mass is 215 g/mol. The highest BCUT2D eigenvalue weighted by Crippen LogP contribution is 2.19. The number of hydrogen-bond donors (Lipinski definition) is 3. The van der Waals surface area contributed by atoms with Gasteiger partial charge in [0.1, 0.15) is 0 Å². The molecule has 15 heavy (non-hydrogen) atoms. The summed E-state index contributed by atoms with van der Waals surface area (Å²) in [5, 5.41) is 4.92. The molecule has 0 fully saturated rings. The molecule has 5 nitrogen and oxygen atoms in total. The van der Waals surface area contributed by atoms with Gasteiger partial charge in [-0.3, -0.25) is 9.59 Å². The molecule has 0 rings (SSSR count). The number of carbonyl (C=O) groups is 2. The lowest BCUT2D eigenvalue weighted by atomic mass is 9.85. The van der Waals surface area contributed by atoms with Crippen LogP contribution in [0.25, 0.3) is 0 Å². The van der Waals surface area contributed by atoms with Crippen molar-refractivity contribution in [2.45, 2.75) is 33.2 Å². The molecule has 5 heteroatoms. The van der Waals surface area contributed by atoms with Crippen molar-refractivity contribution in [1.29, 1.82) is 0 Å². The third kappa shape index (κ3) is 6.06. The fraction of sp³-hybridized carbons (Fsp3) is 0.800. The van der Waals surface area contributed by atoms with Gasteiger partial charge in [-0.05, 0) is 5.41 Å². The first-order valence-corrected chi connectivity index (χ1v) is 5.00. The Morgan fingerprint density at radius 3 is 2.20 bits per heavy atom. The molecule has 1 atom stereocenters. The Morgan fingerprint density at radius 2 is 1.80 bits per heavy atom. The molecule has 4 N–H and O–H groups in total. The molecule has 0 aromatic carbocycles. The van der Waals surface area contributed by atoms with Crippen molar-refractivity contribution in [1.82, 2.24) is 10.6 Å². The van der Waals surface area contributed by atoms with Crippen LogP contribution in [0.3, 0.4) is 0 Å². The van der Waals surface area contributed by atoms with Crippen LogP contribution in [-0.4, -0.2) is 31.4 Å². The lowest BCUT2D eigenvalue weighted by Crippen LogP contribution is -2.42. The second kappa shape index (κ2) is 5.70. The Bertz CT molecular complexity index is 233. The number of carbonyl (C=O) groups excluding carboxylic acids is 2. The zero-order chi connectivity index (χ0) is 12.1. The Morgan fingerprint density at radius 1 is 1.27 bits per heavy atom. The van der Waals surface area contributed by atoms with Crippen LogP contribution in [0.15, 0.2) is 0 Å². The summed E-state index contributed by atoms with van der Waals surface area (Å²) in [6.07, 6.45) is 0.237. The third-order valence-corrected chi connectivity index (χ3v) is 2.24. The third-order valence-electron chi connectivity index (χ3n) is 2.24. The molecular formula is C10H21N3O2. The van der Waals surface area contributed by atoms with E-state index < -0.39 is 0 Å². The molecule has 0 bridgehead atoms. The summed E-state index contributed by atoms with van der Waals surface area (Å²) in [5.74, 6) is -0.409. The standard InChI is InChI=1S/C10H21N3O2/c1-10(2,3)7(11)5-8(14)13-6-9(15)12-4/h7H,5-6,11H2,1-4H3,(H,12,15)(H,13,14). The molecule has 0 saturated heterocycles. The number of amides is 2. The van der Waals surface area contributed by atoms with E-state index in [1.165, 1.54) is 7.05 Å². The molecule has 88 valence electrons. The quantitative estimate of drug-likeness (QED) is 0.597. The van der Waals surface area contributed by atoms with Gasteiger partial charge in [0.05, 0.1) is 6.54 Å². The fourth-order valence-corrected chi connectivity index (χ4v) is 0.845. The zero-order valence-corrected chi connectivity index (χ0v) is 9.89. The Kier molecular flexibility index (Phi) is 5.28. The Labute approximate surface area is 90.8 Å². The van der Waals surface area contributed by atoms with Gasteiger partial charge < -0.3 is 16.4 Å². The molecule has 0 aromatic heterocycles. The van der Waals surface area contributed by atoms with Gasteiger partial charge in [0.2, 0.25) is 11.8 Å². The van der Waals surface area contributed by atoms with E-state index in [2.05, 4.69) is 10.6 Å². The van der Waals surface area contributed by atoms with E-state index in [1.54, 1.807) is 0 Å². The number of nitrogens with two attached hydrogens (primary N) is 1. The Hall–Kier alpha value is -1.10. The van der Waals surface area contributed by atoms with E-state index in [-0.39, 0.29) is 36.2 Å². The van der Waals surface area contributed by atoms with E-state index >= 15 is 0 Å². The first kappa shape index (κ1) is 13.9. The van der Waals surface area contributed by atoms with Crippen LogP contribution in [0.5, 0.6) is 0 Å². The highest BCUT2D eigenvalue weighted by Gasteiger charge is 2.23. The van der Waals surface area contributed by atoms with Crippen molar-refractivity contribution in [3.8, 4) is 0 Å². The normalized spacial score (nSPS) is 13.1. The summed E-state index contributed by atoms with van der Waals surface area (Å²) in [5.41, 5.74) is 5.72. The second-order valence-corrected chi connectivity index (χ2v) is 4.63. The average molecular weight is 215 g/mol. The van der Waals surface area contributed by atoms with Crippen molar-refractivity contribution in [2.24, 2.45) is 11.1 Å². The van der Waals surface area contributed by atoms with E-state index in [4.69, 9.17) is 5.73 Å². The highest BCUT2D eigenvalue weighted by molar-refractivity contribution is 5.84. The molecule has 1 unspecified atom stereocenters. The molecule has 0 aliphatic rings. The number of hydrogen-bond acceptors (Lipinski definition) is 3. The van der Waals surface area contributed by atoms with E-state index in [9.17, 15) is 9.59 Å². The summed E-state index contributed by atoms with van der Waals surface area (Å²) in [6.45, 7) is 5.93. The Balaban J connectivity index is 3.90. The van der Waals surface area contributed by atoms with Gasteiger partial charge in [0.15, 0.2) is 0 Å². The summed E-state index contributed by atoms with van der Waals surface area (Å²) in [4.78, 5) is 22.2. The molecule has 0 saturated carbocycles. The predicted molar refractivity (Wildman–Crippen MR) is 59.1 cm³/mol. The minimum absolute atomic E-state index is 0.00615. The maximum atomic E-state index is 11.3. The largest absolute Gasteiger partial charge is 0.358 e. The molecule has 2 amide bonds. The minimum Gasteiger partial charge on any atom is -0.358 e. The van der Waals surface area contributed by atoms with Crippen molar-refractivity contribution < 1.29 is 9.59 Å². The summed E-state index contributed by atoms with van der Waals surface area (Å²) < 4.78 is 0. The van der Waals surface area contributed by atoms with Crippen LogP contribution in [0.2, 0.25) is 0 Å². The first-order chi connectivity index (χ1) is 6.77. The summed E-state index contributed by atoms with van der Waals surface area (Å²) in [6, 6.07) is -0.206. The van der Waals surface area contributed by atoms with E-state index in [0.717, 1.165) is 0 Å². The lowest BCUT2D eigenvalue weighted by molar-refractivity contribution is -0.126. The molecule has 0 spiro atoms. The number of nitrogens with one attached hydrogen (secondary N) is 2. The first-order valence-electron chi connectivity index (χ1n) is 5.00. The molecule has 0 aliphatic heterocycles. The van der Waals surface area contributed by atoms with Gasteiger partial charge >= 0.3 is 0 Å². The second-order valence-electron chi connectivity index (χ2n) is 4.63. The van der Waals surface area contributed by atoms with Gasteiger partial charge in [-0.1, -0.05) is 20.8 Å². The van der Waals surface area contributed by atoms with E-state index in [0.29, 0.717) is 0 Å². The lowest BCUT2D eigenvalue weighted by Gasteiger charge is -2.26. The molecule has 0 aliphatic carbocycles. The topological polar surface area (TPSA) is 84.2 Å². The minimum atomic E-state index is -0.215. The molecule has 0 aromatic rings. The highest BCUT2D eigenvalue weighted by atomic mass is 16.2. The molecule has 0 radical (unpaired) electrons. The van der Waals surface area contributed by atoms with Crippen LogP contribution in [-0.2, 0) is 9.59 Å². The maximum absolute atomic E-state index is 11.3. The van der Waals surface area contributed by atoms with Crippen LogP contribution in [0.1, 0.15) is 27.2 Å². The SMILES string of the molecule is CNC(=O)CNC(=O)CC(N)C(C)(C)C. The van der Waals surface area contributed by atoms with Crippen LogP contribution in [0.4, 0.5) is 0 Å². The smallest absolute Gasteiger partial charge is 0.239 e. The molecular weight excluding hydrogens is 194 g/mol. The van der Waals surface area contributed by atoms with Crippen molar-refractivity contribution in [3.05, 3.63) is 0 Å². The van der Waals surface area contributed by atoms with Crippen LogP contribution >= 0.6 is 0 Å². The van der Waals surface area contributed by atoms with Gasteiger partial charge in [-0.15, -0.1) is 0 Å². The van der Waals surface area contributed by atoms with Crippen LogP contribution in [0, 0.1) is 5.41 Å². The van der Waals surface area contributed by atoms with Crippen molar-refractivity contribution >= 4 is 11.8 Å². The predicted octanol–water partition coefficient (Wildman–Crippen LogP) is -0.388. The average Bonchev–Trinajstić information content (AvgIpc) is 2.12. The summed E-state index contributed by atoms with van der Waals surface area (Å²) >= 11 is 0.